The Balaban J connectivity index is 1.64. The van der Waals surface area contributed by atoms with E-state index in [2.05, 4.69) is 25.8 Å². The van der Waals surface area contributed by atoms with E-state index in [1.54, 1.807) is 19.2 Å². The molecule has 4 aromatic rings. The molecule has 0 fully saturated rings. The van der Waals surface area contributed by atoms with Crippen LogP contribution in [-0.2, 0) is 13.1 Å². The number of ether oxygens (including phenoxy) is 1. The van der Waals surface area contributed by atoms with Gasteiger partial charge in [0.25, 0.3) is 5.91 Å². The molecule has 0 atom stereocenters. The summed E-state index contributed by atoms with van der Waals surface area (Å²) in [5.41, 5.74) is 3.57. The van der Waals surface area contributed by atoms with Gasteiger partial charge >= 0.3 is 0 Å². The summed E-state index contributed by atoms with van der Waals surface area (Å²) in [6.45, 7) is 0.932. The third kappa shape index (κ3) is 4.17. The number of aromatic nitrogens is 2. The predicted molar refractivity (Wildman–Crippen MR) is 117 cm³/mol. The highest BCUT2D eigenvalue weighted by Gasteiger charge is 2.14. The number of imidazole rings is 1. The zero-order chi connectivity index (χ0) is 20.2. The van der Waals surface area contributed by atoms with Gasteiger partial charge in [0.15, 0.2) is 0 Å². The molecule has 5 nitrogen and oxygen atoms in total. The van der Waals surface area contributed by atoms with Gasteiger partial charge in [-0.1, -0.05) is 52.3 Å². The van der Waals surface area contributed by atoms with Crippen LogP contribution in [0.15, 0.2) is 77.3 Å². The second-order valence-corrected chi connectivity index (χ2v) is 7.52. The van der Waals surface area contributed by atoms with Crippen LogP contribution in [0.5, 0.6) is 5.75 Å². The maximum absolute atomic E-state index is 12.6. The maximum Gasteiger partial charge on any atom is 0.251 e. The van der Waals surface area contributed by atoms with Crippen molar-refractivity contribution in [2.75, 3.05) is 7.11 Å². The Kier molecular flexibility index (Phi) is 5.62. The Bertz CT molecular complexity index is 1170. The summed E-state index contributed by atoms with van der Waals surface area (Å²) in [5, 5.41) is 2.98. The Labute approximate surface area is 177 Å². The lowest BCUT2D eigenvalue weighted by Gasteiger charge is -2.13. The van der Waals surface area contributed by atoms with Gasteiger partial charge in [0.1, 0.15) is 11.6 Å². The average Bonchev–Trinajstić information content (AvgIpc) is 3.10. The molecule has 1 N–H and O–H groups in total. The molecule has 3 aromatic carbocycles. The molecule has 1 amide bonds. The van der Waals surface area contributed by atoms with Gasteiger partial charge < -0.3 is 14.6 Å². The number of hydrogen-bond donors (Lipinski definition) is 1. The molecule has 0 saturated heterocycles. The van der Waals surface area contributed by atoms with Crippen molar-refractivity contribution >= 4 is 32.9 Å². The Morgan fingerprint density at radius 3 is 2.69 bits per heavy atom. The van der Waals surface area contributed by atoms with Crippen molar-refractivity contribution < 1.29 is 9.53 Å². The van der Waals surface area contributed by atoms with E-state index in [0.29, 0.717) is 18.7 Å². The van der Waals surface area contributed by atoms with Crippen LogP contribution >= 0.6 is 15.9 Å². The maximum atomic E-state index is 12.6. The summed E-state index contributed by atoms with van der Waals surface area (Å²) < 4.78 is 8.49. The van der Waals surface area contributed by atoms with E-state index in [4.69, 9.17) is 9.72 Å². The summed E-state index contributed by atoms with van der Waals surface area (Å²) >= 11 is 3.40. The minimum Gasteiger partial charge on any atom is -0.496 e. The van der Waals surface area contributed by atoms with E-state index < -0.39 is 0 Å². The quantitative estimate of drug-likeness (QED) is 0.460. The summed E-state index contributed by atoms with van der Waals surface area (Å²) in [4.78, 5) is 17.3. The SMILES string of the molecule is COc1ccccc1Cn1c(CNC(=O)c2cccc(Br)c2)nc2ccccc21. The number of fused-ring (bicyclic) bond motifs is 1. The molecule has 1 aromatic heterocycles. The van der Waals surface area contributed by atoms with E-state index in [1.807, 2.05) is 60.7 Å². The topological polar surface area (TPSA) is 56.1 Å². The highest BCUT2D eigenvalue weighted by molar-refractivity contribution is 9.10. The first-order valence-electron chi connectivity index (χ1n) is 9.25. The lowest BCUT2D eigenvalue weighted by atomic mass is 10.2. The zero-order valence-electron chi connectivity index (χ0n) is 15.9. The first-order valence-corrected chi connectivity index (χ1v) is 10.0. The number of hydrogen-bond acceptors (Lipinski definition) is 3. The lowest BCUT2D eigenvalue weighted by molar-refractivity contribution is 0.0949. The number of amides is 1. The fourth-order valence-corrected chi connectivity index (χ4v) is 3.73. The fraction of sp³-hybridized carbons (Fsp3) is 0.130. The number of benzene rings is 3. The van der Waals surface area contributed by atoms with Crippen molar-refractivity contribution in [3.63, 3.8) is 0 Å². The number of para-hydroxylation sites is 3. The molecule has 4 rings (SSSR count). The lowest BCUT2D eigenvalue weighted by Crippen LogP contribution is -2.25. The molecule has 0 aliphatic carbocycles. The molecule has 0 radical (unpaired) electrons. The Hall–Kier alpha value is -3.12. The van der Waals surface area contributed by atoms with Crippen LogP contribution in [0, 0.1) is 0 Å². The van der Waals surface area contributed by atoms with Crippen molar-refractivity contribution in [1.29, 1.82) is 0 Å². The van der Waals surface area contributed by atoms with Crippen LogP contribution in [0.25, 0.3) is 11.0 Å². The molecule has 6 heteroatoms. The van der Waals surface area contributed by atoms with Crippen molar-refractivity contribution in [1.82, 2.24) is 14.9 Å². The summed E-state index contributed by atoms with van der Waals surface area (Å²) in [5.74, 6) is 1.48. The monoisotopic (exact) mass is 449 g/mol. The van der Waals surface area contributed by atoms with Crippen LogP contribution in [0.2, 0.25) is 0 Å². The van der Waals surface area contributed by atoms with Gasteiger partial charge in [0.2, 0.25) is 0 Å². The number of nitrogens with zero attached hydrogens (tertiary/aromatic N) is 2. The molecule has 0 bridgehead atoms. The van der Waals surface area contributed by atoms with E-state index in [9.17, 15) is 4.79 Å². The number of halogens is 1. The van der Waals surface area contributed by atoms with Gasteiger partial charge in [-0.15, -0.1) is 0 Å². The molecule has 29 heavy (non-hydrogen) atoms. The molecule has 0 aliphatic rings. The first kappa shape index (κ1) is 19.2. The minimum absolute atomic E-state index is 0.137. The number of nitrogens with one attached hydrogen (secondary N) is 1. The molecule has 1 heterocycles. The normalized spacial score (nSPS) is 10.8. The van der Waals surface area contributed by atoms with E-state index in [-0.39, 0.29) is 5.91 Å². The molecular weight excluding hydrogens is 430 g/mol. The summed E-state index contributed by atoms with van der Waals surface area (Å²) in [6.07, 6.45) is 0. The van der Waals surface area contributed by atoms with E-state index in [0.717, 1.165) is 32.6 Å². The molecule has 0 spiro atoms. The Morgan fingerprint density at radius 2 is 1.86 bits per heavy atom. The highest BCUT2D eigenvalue weighted by atomic mass is 79.9. The number of rotatable bonds is 6. The molecule has 146 valence electrons. The van der Waals surface area contributed by atoms with Gasteiger partial charge in [0.05, 0.1) is 31.2 Å². The van der Waals surface area contributed by atoms with Crippen LogP contribution in [-0.4, -0.2) is 22.6 Å². The third-order valence-corrected chi connectivity index (χ3v) is 5.24. The Morgan fingerprint density at radius 1 is 1.07 bits per heavy atom. The van der Waals surface area contributed by atoms with E-state index in [1.165, 1.54) is 0 Å². The van der Waals surface area contributed by atoms with Crippen molar-refractivity contribution in [2.24, 2.45) is 0 Å². The van der Waals surface area contributed by atoms with Crippen molar-refractivity contribution in [3.8, 4) is 5.75 Å². The van der Waals surface area contributed by atoms with Gasteiger partial charge in [-0.05, 0) is 36.4 Å². The van der Waals surface area contributed by atoms with E-state index >= 15 is 0 Å². The van der Waals surface area contributed by atoms with Crippen molar-refractivity contribution in [2.45, 2.75) is 13.1 Å². The molecule has 0 aliphatic heterocycles. The zero-order valence-corrected chi connectivity index (χ0v) is 17.5. The second kappa shape index (κ2) is 8.49. The number of carbonyl (C=O) groups excluding carboxylic acids is 1. The van der Waals surface area contributed by atoms with Gasteiger partial charge in [-0.25, -0.2) is 4.98 Å². The first-order chi connectivity index (χ1) is 14.2. The number of carbonyl (C=O) groups is 1. The highest BCUT2D eigenvalue weighted by Crippen LogP contribution is 2.23. The van der Waals surface area contributed by atoms with Gasteiger partial charge in [-0.3, -0.25) is 4.79 Å². The van der Waals surface area contributed by atoms with Gasteiger partial charge in [0, 0.05) is 15.6 Å². The fourth-order valence-electron chi connectivity index (χ4n) is 3.33. The van der Waals surface area contributed by atoms with Crippen LogP contribution in [0.1, 0.15) is 21.7 Å². The van der Waals surface area contributed by atoms with Crippen LogP contribution < -0.4 is 10.1 Å². The summed E-state index contributed by atoms with van der Waals surface area (Å²) in [6, 6.07) is 23.2. The molecule has 0 saturated carbocycles. The smallest absolute Gasteiger partial charge is 0.251 e. The predicted octanol–water partition coefficient (Wildman–Crippen LogP) is 4.79. The van der Waals surface area contributed by atoms with Crippen LogP contribution in [0.3, 0.4) is 0 Å². The largest absolute Gasteiger partial charge is 0.496 e. The second-order valence-electron chi connectivity index (χ2n) is 6.61. The average molecular weight is 450 g/mol. The minimum atomic E-state index is -0.137. The van der Waals surface area contributed by atoms with Gasteiger partial charge in [-0.2, -0.15) is 0 Å². The standard InChI is InChI=1S/C23H20BrN3O2/c1-29-21-12-5-2-7-17(21)15-27-20-11-4-3-10-19(20)26-22(27)14-25-23(28)16-8-6-9-18(24)13-16/h2-13H,14-15H2,1H3,(H,25,28). The number of methoxy groups -OCH3 is 1. The summed E-state index contributed by atoms with van der Waals surface area (Å²) in [7, 11) is 1.67. The van der Waals surface area contributed by atoms with Crippen LogP contribution in [0.4, 0.5) is 0 Å². The van der Waals surface area contributed by atoms with Crippen molar-refractivity contribution in [3.05, 3.63) is 94.2 Å². The third-order valence-electron chi connectivity index (χ3n) is 4.75. The molecule has 0 unspecified atom stereocenters. The molecular formula is C23H20BrN3O2.